The van der Waals surface area contributed by atoms with Gasteiger partial charge in [0.1, 0.15) is 11.5 Å². The maximum Gasteiger partial charge on any atom is 0.261 e. The summed E-state index contributed by atoms with van der Waals surface area (Å²) in [4.78, 5) is 12.2. The van der Waals surface area contributed by atoms with Gasteiger partial charge in [0.05, 0.1) is 7.11 Å². The van der Waals surface area contributed by atoms with Crippen molar-refractivity contribution in [1.82, 2.24) is 5.32 Å². The first-order valence-electron chi connectivity index (χ1n) is 7.64. The van der Waals surface area contributed by atoms with Crippen LogP contribution in [0, 0.1) is 13.8 Å². The van der Waals surface area contributed by atoms with E-state index in [1.54, 1.807) is 14.0 Å². The second kappa shape index (κ2) is 7.68. The van der Waals surface area contributed by atoms with Crippen LogP contribution in [0.25, 0.3) is 0 Å². The van der Waals surface area contributed by atoms with E-state index >= 15 is 0 Å². The van der Waals surface area contributed by atoms with Crippen LogP contribution in [0.3, 0.4) is 0 Å². The second-order valence-electron chi connectivity index (χ2n) is 5.53. The lowest BCUT2D eigenvalue weighted by Gasteiger charge is -2.17. The van der Waals surface area contributed by atoms with Crippen molar-refractivity contribution in [2.45, 2.75) is 33.4 Å². The molecule has 0 heterocycles. The van der Waals surface area contributed by atoms with Crippen molar-refractivity contribution in [2.24, 2.45) is 0 Å². The number of aryl methyl sites for hydroxylation is 1. The second-order valence-corrected chi connectivity index (χ2v) is 5.53. The molecule has 0 aromatic heterocycles. The maximum atomic E-state index is 12.2. The van der Waals surface area contributed by atoms with Crippen LogP contribution >= 0.6 is 0 Å². The van der Waals surface area contributed by atoms with Crippen LogP contribution in [0.2, 0.25) is 0 Å². The van der Waals surface area contributed by atoms with Crippen LogP contribution in [0.4, 0.5) is 0 Å². The monoisotopic (exact) mass is 313 g/mol. The summed E-state index contributed by atoms with van der Waals surface area (Å²) < 4.78 is 11.0. The van der Waals surface area contributed by atoms with E-state index < -0.39 is 6.10 Å². The van der Waals surface area contributed by atoms with Crippen molar-refractivity contribution in [3.63, 3.8) is 0 Å². The van der Waals surface area contributed by atoms with Crippen molar-refractivity contribution in [3.8, 4) is 11.5 Å². The highest BCUT2D eigenvalue weighted by molar-refractivity contribution is 5.80. The molecule has 0 spiro atoms. The van der Waals surface area contributed by atoms with E-state index in [0.29, 0.717) is 6.54 Å². The van der Waals surface area contributed by atoms with Crippen LogP contribution < -0.4 is 14.8 Å². The number of hydrogen-bond acceptors (Lipinski definition) is 3. The summed E-state index contributed by atoms with van der Waals surface area (Å²) in [5.41, 5.74) is 3.18. The first-order chi connectivity index (χ1) is 11.0. The zero-order valence-electron chi connectivity index (χ0n) is 14.1. The first-order valence-corrected chi connectivity index (χ1v) is 7.64. The average molecular weight is 313 g/mol. The third-order valence-electron chi connectivity index (χ3n) is 3.83. The SMILES string of the molecule is COc1cccc(CNC(=O)C(C)Oc2cccc(C)c2C)c1. The van der Waals surface area contributed by atoms with Crippen LogP contribution in [0.5, 0.6) is 11.5 Å². The molecule has 2 aromatic carbocycles. The number of carbonyl (C=O) groups excluding carboxylic acids is 1. The van der Waals surface area contributed by atoms with E-state index in [0.717, 1.165) is 28.2 Å². The summed E-state index contributed by atoms with van der Waals surface area (Å²) in [6, 6.07) is 13.5. The zero-order valence-corrected chi connectivity index (χ0v) is 14.1. The van der Waals surface area contributed by atoms with E-state index in [1.807, 2.05) is 56.3 Å². The number of methoxy groups -OCH3 is 1. The normalized spacial score (nSPS) is 11.7. The third-order valence-corrected chi connectivity index (χ3v) is 3.83. The van der Waals surface area contributed by atoms with E-state index in [1.165, 1.54) is 0 Å². The molecule has 122 valence electrons. The minimum absolute atomic E-state index is 0.145. The molecule has 4 heteroatoms. The highest BCUT2D eigenvalue weighted by Crippen LogP contribution is 2.21. The summed E-state index contributed by atoms with van der Waals surface area (Å²) in [6.45, 7) is 6.21. The Labute approximate surface area is 137 Å². The smallest absolute Gasteiger partial charge is 0.261 e. The fraction of sp³-hybridized carbons (Fsp3) is 0.316. The molecular formula is C19H23NO3. The van der Waals surface area contributed by atoms with Gasteiger partial charge in [-0.1, -0.05) is 24.3 Å². The molecule has 1 amide bonds. The summed E-state index contributed by atoms with van der Waals surface area (Å²) in [6.07, 6.45) is -0.555. The molecule has 1 atom stereocenters. The molecule has 23 heavy (non-hydrogen) atoms. The van der Waals surface area contributed by atoms with Crippen molar-refractivity contribution in [2.75, 3.05) is 7.11 Å². The van der Waals surface area contributed by atoms with Crippen LogP contribution in [0.1, 0.15) is 23.6 Å². The molecule has 0 saturated heterocycles. The van der Waals surface area contributed by atoms with Gasteiger partial charge in [-0.3, -0.25) is 4.79 Å². The number of rotatable bonds is 6. The van der Waals surface area contributed by atoms with Gasteiger partial charge >= 0.3 is 0 Å². The molecule has 2 rings (SSSR count). The third kappa shape index (κ3) is 4.49. The van der Waals surface area contributed by atoms with Gasteiger partial charge in [0.15, 0.2) is 6.10 Å². The van der Waals surface area contributed by atoms with E-state index in [4.69, 9.17) is 9.47 Å². The lowest BCUT2D eigenvalue weighted by molar-refractivity contribution is -0.127. The van der Waals surface area contributed by atoms with Gasteiger partial charge in [-0.05, 0) is 55.7 Å². The van der Waals surface area contributed by atoms with E-state index in [-0.39, 0.29) is 5.91 Å². The van der Waals surface area contributed by atoms with Gasteiger partial charge in [0.2, 0.25) is 0 Å². The van der Waals surface area contributed by atoms with Gasteiger partial charge in [-0.2, -0.15) is 0 Å². The average Bonchev–Trinajstić information content (AvgIpc) is 2.57. The number of ether oxygens (including phenoxy) is 2. The Morgan fingerprint density at radius 3 is 2.65 bits per heavy atom. The van der Waals surface area contributed by atoms with Crippen molar-refractivity contribution >= 4 is 5.91 Å². The highest BCUT2D eigenvalue weighted by atomic mass is 16.5. The molecular weight excluding hydrogens is 290 g/mol. The molecule has 2 aromatic rings. The molecule has 0 aliphatic carbocycles. The van der Waals surface area contributed by atoms with Crippen molar-refractivity contribution in [3.05, 3.63) is 59.2 Å². The Morgan fingerprint density at radius 2 is 1.91 bits per heavy atom. The van der Waals surface area contributed by atoms with Gasteiger partial charge in [-0.15, -0.1) is 0 Å². The van der Waals surface area contributed by atoms with Crippen LogP contribution in [-0.2, 0) is 11.3 Å². The van der Waals surface area contributed by atoms with Gasteiger partial charge < -0.3 is 14.8 Å². The zero-order chi connectivity index (χ0) is 16.8. The van der Waals surface area contributed by atoms with Gasteiger partial charge in [-0.25, -0.2) is 0 Å². The topological polar surface area (TPSA) is 47.6 Å². The standard InChI is InChI=1S/C19H23NO3/c1-13-7-5-10-18(14(13)2)23-15(3)19(21)20-12-16-8-6-9-17(11-16)22-4/h5-11,15H,12H2,1-4H3,(H,20,21). The minimum Gasteiger partial charge on any atom is -0.497 e. The number of hydrogen-bond donors (Lipinski definition) is 1. The fourth-order valence-electron chi connectivity index (χ4n) is 2.21. The lowest BCUT2D eigenvalue weighted by atomic mass is 10.1. The van der Waals surface area contributed by atoms with E-state index in [2.05, 4.69) is 5.32 Å². The first kappa shape index (κ1) is 16.9. The highest BCUT2D eigenvalue weighted by Gasteiger charge is 2.15. The van der Waals surface area contributed by atoms with E-state index in [9.17, 15) is 4.79 Å². The minimum atomic E-state index is -0.555. The van der Waals surface area contributed by atoms with Crippen LogP contribution in [-0.4, -0.2) is 19.1 Å². The summed E-state index contributed by atoms with van der Waals surface area (Å²) >= 11 is 0. The number of amides is 1. The molecule has 1 N–H and O–H groups in total. The molecule has 0 radical (unpaired) electrons. The maximum absolute atomic E-state index is 12.2. The number of carbonyl (C=O) groups is 1. The quantitative estimate of drug-likeness (QED) is 0.889. The molecule has 0 aliphatic rings. The number of benzene rings is 2. The Morgan fingerprint density at radius 1 is 1.17 bits per heavy atom. The molecule has 0 fully saturated rings. The van der Waals surface area contributed by atoms with Crippen molar-refractivity contribution < 1.29 is 14.3 Å². The predicted molar refractivity (Wildman–Crippen MR) is 90.8 cm³/mol. The molecule has 0 aliphatic heterocycles. The number of nitrogens with one attached hydrogen (secondary N) is 1. The molecule has 0 bridgehead atoms. The van der Waals surface area contributed by atoms with Gasteiger partial charge in [0, 0.05) is 6.54 Å². The fourth-order valence-corrected chi connectivity index (χ4v) is 2.21. The Bertz CT molecular complexity index is 682. The Balaban J connectivity index is 1.93. The summed E-state index contributed by atoms with van der Waals surface area (Å²) in [7, 11) is 1.62. The van der Waals surface area contributed by atoms with Crippen molar-refractivity contribution in [1.29, 1.82) is 0 Å². The molecule has 0 saturated carbocycles. The lowest BCUT2D eigenvalue weighted by Crippen LogP contribution is -2.36. The van der Waals surface area contributed by atoms with Gasteiger partial charge in [0.25, 0.3) is 5.91 Å². The summed E-state index contributed by atoms with van der Waals surface area (Å²) in [5.74, 6) is 1.37. The largest absolute Gasteiger partial charge is 0.497 e. The molecule has 1 unspecified atom stereocenters. The Kier molecular flexibility index (Phi) is 5.63. The Hall–Kier alpha value is -2.49. The predicted octanol–water partition coefficient (Wildman–Crippen LogP) is 3.40. The molecule has 4 nitrogen and oxygen atoms in total. The summed E-state index contributed by atoms with van der Waals surface area (Å²) in [5, 5.41) is 2.88. The van der Waals surface area contributed by atoms with Crippen LogP contribution in [0.15, 0.2) is 42.5 Å².